The zero-order valence-electron chi connectivity index (χ0n) is 5.30. The molecule has 0 aromatic carbocycles. The SMILES string of the molecule is C=C1C=C2CC=CN2C1. The zero-order valence-corrected chi connectivity index (χ0v) is 5.30. The molecule has 0 bridgehead atoms. The number of fused-ring (bicyclic) bond motifs is 1. The van der Waals surface area contributed by atoms with Gasteiger partial charge in [-0.25, -0.2) is 0 Å². The van der Waals surface area contributed by atoms with E-state index >= 15 is 0 Å². The van der Waals surface area contributed by atoms with Gasteiger partial charge in [0.05, 0.1) is 0 Å². The van der Waals surface area contributed by atoms with Crippen molar-refractivity contribution >= 4 is 0 Å². The molecular formula is C8H9N. The molecule has 2 rings (SSSR count). The maximum absolute atomic E-state index is 3.88. The minimum atomic E-state index is 1.01. The van der Waals surface area contributed by atoms with Crippen molar-refractivity contribution in [3.05, 3.63) is 36.2 Å². The fourth-order valence-corrected chi connectivity index (χ4v) is 1.31. The highest BCUT2D eigenvalue weighted by Gasteiger charge is 2.16. The molecule has 0 aromatic heterocycles. The van der Waals surface area contributed by atoms with Gasteiger partial charge < -0.3 is 4.90 Å². The van der Waals surface area contributed by atoms with E-state index < -0.39 is 0 Å². The second kappa shape index (κ2) is 1.50. The first-order chi connectivity index (χ1) is 4.36. The Morgan fingerprint density at radius 1 is 1.56 bits per heavy atom. The van der Waals surface area contributed by atoms with Crippen LogP contribution in [0.25, 0.3) is 0 Å². The van der Waals surface area contributed by atoms with Crippen molar-refractivity contribution in [3.8, 4) is 0 Å². The molecule has 0 aliphatic carbocycles. The minimum absolute atomic E-state index is 1.01. The molecule has 0 spiro atoms. The van der Waals surface area contributed by atoms with Crippen LogP contribution in [0.3, 0.4) is 0 Å². The van der Waals surface area contributed by atoms with Gasteiger partial charge in [0.25, 0.3) is 0 Å². The van der Waals surface area contributed by atoms with Crippen molar-refractivity contribution in [2.24, 2.45) is 0 Å². The fraction of sp³-hybridized carbons (Fsp3) is 0.250. The Morgan fingerprint density at radius 3 is 3.22 bits per heavy atom. The van der Waals surface area contributed by atoms with Crippen LogP contribution in [0.15, 0.2) is 36.2 Å². The van der Waals surface area contributed by atoms with E-state index in [-0.39, 0.29) is 0 Å². The van der Waals surface area contributed by atoms with Gasteiger partial charge in [-0.1, -0.05) is 12.7 Å². The Hall–Kier alpha value is -0.980. The van der Waals surface area contributed by atoms with Gasteiger partial charge in [0.15, 0.2) is 0 Å². The topological polar surface area (TPSA) is 3.24 Å². The first-order valence-electron chi connectivity index (χ1n) is 3.18. The summed E-state index contributed by atoms with van der Waals surface area (Å²) < 4.78 is 0. The fourth-order valence-electron chi connectivity index (χ4n) is 1.31. The normalized spacial score (nSPS) is 22.9. The highest BCUT2D eigenvalue weighted by molar-refractivity contribution is 5.34. The third kappa shape index (κ3) is 0.611. The van der Waals surface area contributed by atoms with E-state index in [1.165, 1.54) is 11.3 Å². The van der Waals surface area contributed by atoms with Gasteiger partial charge in [-0.05, 0) is 11.6 Å². The van der Waals surface area contributed by atoms with Gasteiger partial charge in [-0.2, -0.15) is 0 Å². The molecule has 0 unspecified atom stereocenters. The third-order valence-electron chi connectivity index (χ3n) is 1.73. The maximum Gasteiger partial charge on any atom is 0.0467 e. The van der Waals surface area contributed by atoms with E-state index in [0.717, 1.165) is 13.0 Å². The second-order valence-corrected chi connectivity index (χ2v) is 2.51. The van der Waals surface area contributed by atoms with Crippen LogP contribution >= 0.6 is 0 Å². The van der Waals surface area contributed by atoms with E-state index in [0.29, 0.717) is 0 Å². The molecule has 2 aliphatic heterocycles. The van der Waals surface area contributed by atoms with Crippen LogP contribution in [0.4, 0.5) is 0 Å². The Balaban J connectivity index is 2.33. The standard InChI is InChI=1S/C8H9N/c1-7-5-8-3-2-4-9(8)6-7/h2,4-5H,1,3,6H2. The van der Waals surface area contributed by atoms with E-state index in [1.807, 2.05) is 0 Å². The van der Waals surface area contributed by atoms with Crippen LogP contribution in [-0.2, 0) is 0 Å². The first kappa shape index (κ1) is 4.86. The van der Waals surface area contributed by atoms with Crippen molar-refractivity contribution in [1.82, 2.24) is 4.90 Å². The van der Waals surface area contributed by atoms with Crippen molar-refractivity contribution in [2.45, 2.75) is 6.42 Å². The van der Waals surface area contributed by atoms with Gasteiger partial charge in [-0.15, -0.1) is 0 Å². The predicted octanol–water partition coefficient (Wildman–Crippen LogP) is 1.66. The molecule has 1 heteroatoms. The smallest absolute Gasteiger partial charge is 0.0467 e. The Kier molecular flexibility index (Phi) is 0.810. The van der Waals surface area contributed by atoms with Gasteiger partial charge in [0.1, 0.15) is 0 Å². The molecule has 0 N–H and O–H groups in total. The molecular weight excluding hydrogens is 110 g/mol. The van der Waals surface area contributed by atoms with Crippen molar-refractivity contribution < 1.29 is 0 Å². The van der Waals surface area contributed by atoms with E-state index in [2.05, 4.69) is 29.8 Å². The molecule has 0 saturated heterocycles. The van der Waals surface area contributed by atoms with Gasteiger partial charge in [0, 0.05) is 24.9 Å². The molecule has 1 nitrogen and oxygen atoms in total. The molecule has 0 saturated carbocycles. The van der Waals surface area contributed by atoms with Crippen LogP contribution in [0.2, 0.25) is 0 Å². The summed E-state index contributed by atoms with van der Waals surface area (Å²) in [6, 6.07) is 0. The molecule has 0 aromatic rings. The summed E-state index contributed by atoms with van der Waals surface area (Å²) in [5, 5.41) is 0. The monoisotopic (exact) mass is 119 g/mol. The second-order valence-electron chi connectivity index (χ2n) is 2.51. The van der Waals surface area contributed by atoms with E-state index in [1.54, 1.807) is 0 Å². The van der Waals surface area contributed by atoms with Crippen LogP contribution in [-0.4, -0.2) is 11.4 Å². The van der Waals surface area contributed by atoms with Crippen molar-refractivity contribution in [1.29, 1.82) is 0 Å². The predicted molar refractivity (Wildman–Crippen MR) is 37.7 cm³/mol. The molecule has 0 atom stereocenters. The summed E-state index contributed by atoms with van der Waals surface area (Å²) in [6.45, 7) is 4.89. The summed E-state index contributed by atoms with van der Waals surface area (Å²) in [6.07, 6.45) is 7.57. The Labute approximate surface area is 55.0 Å². The summed E-state index contributed by atoms with van der Waals surface area (Å²) in [7, 11) is 0. The quantitative estimate of drug-likeness (QED) is 0.468. The lowest BCUT2D eigenvalue weighted by Crippen LogP contribution is -2.07. The molecule has 0 radical (unpaired) electrons. The van der Waals surface area contributed by atoms with Gasteiger partial charge in [0.2, 0.25) is 0 Å². The number of rotatable bonds is 0. The lowest BCUT2D eigenvalue weighted by atomic mass is 10.3. The van der Waals surface area contributed by atoms with Crippen molar-refractivity contribution in [3.63, 3.8) is 0 Å². The largest absolute Gasteiger partial charge is 0.347 e. The Bertz CT molecular complexity index is 211. The van der Waals surface area contributed by atoms with E-state index in [9.17, 15) is 0 Å². The molecule has 0 fully saturated rings. The average molecular weight is 119 g/mol. The summed E-state index contributed by atoms with van der Waals surface area (Å²) in [5.74, 6) is 0. The number of hydrogen-bond donors (Lipinski definition) is 0. The van der Waals surface area contributed by atoms with Gasteiger partial charge >= 0.3 is 0 Å². The zero-order chi connectivity index (χ0) is 6.27. The van der Waals surface area contributed by atoms with Gasteiger partial charge in [-0.3, -0.25) is 0 Å². The Morgan fingerprint density at radius 2 is 2.44 bits per heavy atom. The first-order valence-corrected chi connectivity index (χ1v) is 3.18. The van der Waals surface area contributed by atoms with Crippen LogP contribution in [0.5, 0.6) is 0 Å². The highest BCUT2D eigenvalue weighted by atomic mass is 15.1. The average Bonchev–Trinajstić information content (AvgIpc) is 2.22. The summed E-state index contributed by atoms with van der Waals surface area (Å²) in [5.41, 5.74) is 2.63. The molecule has 46 valence electrons. The van der Waals surface area contributed by atoms with Crippen LogP contribution in [0, 0.1) is 0 Å². The number of nitrogens with zero attached hydrogens (tertiary/aromatic N) is 1. The lowest BCUT2D eigenvalue weighted by molar-refractivity contribution is 0.549. The molecule has 2 aliphatic rings. The summed E-state index contributed by atoms with van der Waals surface area (Å²) >= 11 is 0. The molecule has 9 heavy (non-hydrogen) atoms. The van der Waals surface area contributed by atoms with Crippen molar-refractivity contribution in [2.75, 3.05) is 6.54 Å². The maximum atomic E-state index is 3.88. The summed E-state index contributed by atoms with van der Waals surface area (Å²) in [4.78, 5) is 2.24. The molecule has 0 amide bonds. The minimum Gasteiger partial charge on any atom is -0.347 e. The number of hydrogen-bond acceptors (Lipinski definition) is 1. The number of allylic oxidation sites excluding steroid dienone is 1. The van der Waals surface area contributed by atoms with Crippen LogP contribution in [0.1, 0.15) is 6.42 Å². The molecule has 2 heterocycles. The third-order valence-corrected chi connectivity index (χ3v) is 1.73. The lowest BCUT2D eigenvalue weighted by Gasteiger charge is -2.08. The highest BCUT2D eigenvalue weighted by Crippen LogP contribution is 2.26. The van der Waals surface area contributed by atoms with Crippen LogP contribution < -0.4 is 0 Å². The van der Waals surface area contributed by atoms with E-state index in [4.69, 9.17) is 0 Å².